The summed E-state index contributed by atoms with van der Waals surface area (Å²) in [6, 6.07) is 10.7. The zero-order valence-electron chi connectivity index (χ0n) is 12.7. The van der Waals surface area contributed by atoms with Gasteiger partial charge >= 0.3 is 6.36 Å². The summed E-state index contributed by atoms with van der Waals surface area (Å²) in [5.74, 6) is -0.373. The number of para-hydroxylation sites is 1. The number of halogens is 3. The zero-order valence-corrected chi connectivity index (χ0v) is 12.7. The largest absolute Gasteiger partial charge is 0.573 e. The van der Waals surface area contributed by atoms with Crippen molar-refractivity contribution in [1.29, 1.82) is 0 Å². The minimum Gasteiger partial charge on any atom is -0.405 e. The molecule has 1 fully saturated rings. The van der Waals surface area contributed by atoms with E-state index in [1.807, 2.05) is 0 Å². The van der Waals surface area contributed by atoms with Crippen LogP contribution in [0, 0.1) is 0 Å². The second-order valence-corrected chi connectivity index (χ2v) is 5.54. The number of aliphatic hydroxyl groups excluding tert-OH is 1. The summed E-state index contributed by atoms with van der Waals surface area (Å²) in [4.78, 5) is 4.10. The second-order valence-electron chi connectivity index (χ2n) is 5.54. The van der Waals surface area contributed by atoms with Gasteiger partial charge in [0.15, 0.2) is 0 Å². The topological polar surface area (TPSA) is 51.6 Å². The van der Waals surface area contributed by atoms with E-state index in [0.29, 0.717) is 25.1 Å². The maximum absolute atomic E-state index is 12.7. The van der Waals surface area contributed by atoms with E-state index < -0.39 is 18.1 Å². The first kappa shape index (κ1) is 16.7. The molecule has 2 unspecified atom stereocenters. The van der Waals surface area contributed by atoms with Crippen molar-refractivity contribution in [3.05, 3.63) is 59.9 Å². The molecule has 0 spiro atoms. The van der Waals surface area contributed by atoms with Gasteiger partial charge in [-0.15, -0.1) is 13.2 Å². The lowest BCUT2D eigenvalue weighted by Gasteiger charge is -2.34. The third-order valence-corrected chi connectivity index (χ3v) is 4.03. The average Bonchev–Trinajstić information content (AvgIpc) is 3.05. The van der Waals surface area contributed by atoms with Gasteiger partial charge in [-0.2, -0.15) is 0 Å². The smallest absolute Gasteiger partial charge is 0.405 e. The molecular weight excluding hydrogens is 323 g/mol. The molecule has 1 aliphatic rings. The predicted octanol–water partition coefficient (Wildman–Crippen LogP) is 3.72. The van der Waals surface area contributed by atoms with E-state index in [1.54, 1.807) is 24.3 Å². The molecule has 4 nitrogen and oxygen atoms in total. The highest BCUT2D eigenvalue weighted by molar-refractivity contribution is 5.40. The van der Waals surface area contributed by atoms with Crippen molar-refractivity contribution >= 4 is 0 Å². The molecule has 1 aliphatic heterocycles. The van der Waals surface area contributed by atoms with Gasteiger partial charge in [-0.05, 0) is 31.0 Å². The molecule has 1 N–H and O–H groups in total. The summed E-state index contributed by atoms with van der Waals surface area (Å²) >= 11 is 0. The highest BCUT2D eigenvalue weighted by atomic mass is 19.4. The molecule has 0 bridgehead atoms. The minimum absolute atomic E-state index is 0.165. The molecule has 2 heterocycles. The number of aliphatic hydroxyl groups is 1. The summed E-state index contributed by atoms with van der Waals surface area (Å²) in [6.45, 7) is 0.338. The van der Waals surface area contributed by atoms with E-state index in [0.717, 1.165) is 0 Å². The van der Waals surface area contributed by atoms with Gasteiger partial charge in [-0.3, -0.25) is 4.98 Å². The summed E-state index contributed by atoms with van der Waals surface area (Å²) in [6.07, 6.45) is -3.54. The third-order valence-electron chi connectivity index (χ3n) is 4.03. The molecule has 7 heteroatoms. The molecule has 0 radical (unpaired) electrons. The first-order valence-electron chi connectivity index (χ1n) is 7.50. The monoisotopic (exact) mass is 339 g/mol. The predicted molar refractivity (Wildman–Crippen MR) is 79.2 cm³/mol. The first-order chi connectivity index (χ1) is 11.4. The van der Waals surface area contributed by atoms with Crippen LogP contribution in [0.15, 0.2) is 48.7 Å². The van der Waals surface area contributed by atoms with Crippen LogP contribution in [0.25, 0.3) is 0 Å². The highest BCUT2D eigenvalue weighted by Gasteiger charge is 2.48. The number of ether oxygens (including phenoxy) is 2. The van der Waals surface area contributed by atoms with Gasteiger partial charge in [0.2, 0.25) is 0 Å². The van der Waals surface area contributed by atoms with Gasteiger partial charge in [-0.1, -0.05) is 24.3 Å². The van der Waals surface area contributed by atoms with Crippen molar-refractivity contribution in [2.45, 2.75) is 30.9 Å². The molecule has 2 aromatic rings. The molecule has 128 valence electrons. The summed E-state index contributed by atoms with van der Waals surface area (Å²) < 4.78 is 48.1. The Morgan fingerprint density at radius 2 is 1.92 bits per heavy atom. The van der Waals surface area contributed by atoms with Crippen LogP contribution < -0.4 is 4.74 Å². The van der Waals surface area contributed by atoms with Crippen LogP contribution in [0.2, 0.25) is 0 Å². The summed E-state index contributed by atoms with van der Waals surface area (Å²) in [5, 5.41) is 10.8. The fourth-order valence-electron chi connectivity index (χ4n) is 3.04. The lowest BCUT2D eigenvalue weighted by Crippen LogP contribution is -2.34. The van der Waals surface area contributed by atoms with Gasteiger partial charge in [0.05, 0.1) is 5.69 Å². The van der Waals surface area contributed by atoms with Crippen LogP contribution >= 0.6 is 0 Å². The van der Waals surface area contributed by atoms with Crippen LogP contribution in [-0.2, 0) is 10.3 Å². The molecule has 0 amide bonds. The maximum Gasteiger partial charge on any atom is 0.573 e. The van der Waals surface area contributed by atoms with E-state index in [4.69, 9.17) is 4.74 Å². The Labute approximate surface area is 136 Å². The summed E-state index contributed by atoms with van der Waals surface area (Å²) in [5.41, 5.74) is -0.824. The highest BCUT2D eigenvalue weighted by Crippen LogP contribution is 2.49. The molecule has 24 heavy (non-hydrogen) atoms. The Morgan fingerprint density at radius 3 is 2.54 bits per heavy atom. The molecular formula is C17H16F3NO3. The Hall–Kier alpha value is -2.12. The quantitative estimate of drug-likeness (QED) is 0.922. The van der Waals surface area contributed by atoms with Crippen molar-refractivity contribution in [3.63, 3.8) is 0 Å². The average molecular weight is 339 g/mol. The Kier molecular flexibility index (Phi) is 4.47. The Balaban J connectivity index is 2.06. The van der Waals surface area contributed by atoms with Crippen LogP contribution in [0.4, 0.5) is 13.2 Å². The fourth-order valence-corrected chi connectivity index (χ4v) is 3.04. The molecule has 1 aromatic carbocycles. The van der Waals surface area contributed by atoms with Gasteiger partial charge in [0.1, 0.15) is 17.5 Å². The van der Waals surface area contributed by atoms with Gasteiger partial charge < -0.3 is 14.6 Å². The third kappa shape index (κ3) is 3.22. The van der Waals surface area contributed by atoms with E-state index >= 15 is 0 Å². The molecule has 1 aromatic heterocycles. The van der Waals surface area contributed by atoms with E-state index in [9.17, 15) is 18.3 Å². The van der Waals surface area contributed by atoms with E-state index in [-0.39, 0.29) is 11.3 Å². The van der Waals surface area contributed by atoms with Crippen molar-refractivity contribution < 1.29 is 27.8 Å². The number of rotatable bonds is 4. The van der Waals surface area contributed by atoms with Crippen LogP contribution in [0.3, 0.4) is 0 Å². The Bertz CT molecular complexity index is 685. The molecule has 0 saturated carbocycles. The molecule has 0 aliphatic carbocycles. The van der Waals surface area contributed by atoms with E-state index in [2.05, 4.69) is 9.72 Å². The summed E-state index contributed by atoms with van der Waals surface area (Å²) in [7, 11) is 0. The number of benzene rings is 1. The standard InChI is InChI=1S/C17H16F3NO3/c18-17(19,20)24-14-8-2-1-6-12(14)16(9-5-11-23-16)15(22)13-7-3-4-10-21-13/h1-4,6-8,10,15,22H,5,9,11H2. The van der Waals surface area contributed by atoms with Gasteiger partial charge in [0.25, 0.3) is 0 Å². The fraction of sp³-hybridized carbons (Fsp3) is 0.353. The van der Waals surface area contributed by atoms with Crippen LogP contribution in [0.5, 0.6) is 5.75 Å². The number of hydrogen-bond acceptors (Lipinski definition) is 4. The minimum atomic E-state index is -4.83. The molecule has 1 saturated heterocycles. The number of hydrogen-bond donors (Lipinski definition) is 1. The molecule has 3 rings (SSSR count). The zero-order chi connectivity index (χ0) is 17.2. The SMILES string of the molecule is OC(c1ccccn1)C1(c2ccccc2OC(F)(F)F)CCCO1. The number of nitrogens with zero attached hydrogens (tertiary/aromatic N) is 1. The van der Waals surface area contributed by atoms with Crippen molar-refractivity contribution in [3.8, 4) is 5.75 Å². The van der Waals surface area contributed by atoms with Crippen LogP contribution in [0.1, 0.15) is 30.2 Å². The lowest BCUT2D eigenvalue weighted by atomic mass is 9.83. The van der Waals surface area contributed by atoms with Gasteiger partial charge in [0, 0.05) is 18.4 Å². The Morgan fingerprint density at radius 1 is 1.17 bits per heavy atom. The lowest BCUT2D eigenvalue weighted by molar-refractivity contribution is -0.275. The van der Waals surface area contributed by atoms with Crippen molar-refractivity contribution in [1.82, 2.24) is 4.98 Å². The normalized spacial score (nSPS) is 22.3. The van der Waals surface area contributed by atoms with Gasteiger partial charge in [-0.25, -0.2) is 0 Å². The second kappa shape index (κ2) is 6.41. The number of alkyl halides is 3. The maximum atomic E-state index is 12.7. The van der Waals surface area contributed by atoms with Crippen LogP contribution in [-0.4, -0.2) is 23.1 Å². The number of pyridine rings is 1. The van der Waals surface area contributed by atoms with E-state index in [1.165, 1.54) is 24.4 Å². The van der Waals surface area contributed by atoms with Crippen molar-refractivity contribution in [2.24, 2.45) is 0 Å². The molecule has 2 atom stereocenters. The van der Waals surface area contributed by atoms with Crippen molar-refractivity contribution in [2.75, 3.05) is 6.61 Å². The first-order valence-corrected chi connectivity index (χ1v) is 7.50. The number of aromatic nitrogens is 1.